The first-order chi connectivity index (χ1) is 14.4. The van der Waals surface area contributed by atoms with Crippen molar-refractivity contribution in [1.82, 2.24) is 9.21 Å². The van der Waals surface area contributed by atoms with Gasteiger partial charge in [-0.1, -0.05) is 12.1 Å². The van der Waals surface area contributed by atoms with E-state index in [0.29, 0.717) is 44.1 Å². The minimum atomic E-state index is -3.54. The molecule has 1 aliphatic heterocycles. The molecule has 0 amide bonds. The van der Waals surface area contributed by atoms with Gasteiger partial charge in [0.15, 0.2) is 0 Å². The van der Waals surface area contributed by atoms with Gasteiger partial charge in [-0.3, -0.25) is 4.90 Å². The molecule has 0 spiro atoms. The number of methoxy groups -OCH3 is 1. The van der Waals surface area contributed by atoms with Crippen molar-refractivity contribution in [2.24, 2.45) is 0 Å². The Morgan fingerprint density at radius 1 is 1.00 bits per heavy atom. The van der Waals surface area contributed by atoms with Crippen molar-refractivity contribution < 1.29 is 17.6 Å². The quantitative estimate of drug-likeness (QED) is 0.581. The first-order valence-electron chi connectivity index (χ1n) is 9.77. The van der Waals surface area contributed by atoms with Gasteiger partial charge < -0.3 is 9.15 Å². The number of benzene rings is 2. The van der Waals surface area contributed by atoms with Crippen molar-refractivity contribution in [3.63, 3.8) is 0 Å². The van der Waals surface area contributed by atoms with Crippen LogP contribution < -0.4 is 10.4 Å². The molecule has 8 heteroatoms. The molecule has 1 aromatic heterocycles. The number of aryl methyl sites for hydroxylation is 1. The van der Waals surface area contributed by atoms with Crippen molar-refractivity contribution in [3.05, 3.63) is 70.1 Å². The van der Waals surface area contributed by atoms with Gasteiger partial charge in [-0.2, -0.15) is 4.31 Å². The fourth-order valence-corrected chi connectivity index (χ4v) is 5.16. The molecule has 1 aliphatic rings. The van der Waals surface area contributed by atoms with Crippen LogP contribution in [0.3, 0.4) is 0 Å². The highest BCUT2D eigenvalue weighted by Gasteiger charge is 2.28. The molecule has 30 heavy (non-hydrogen) atoms. The number of hydrogen-bond acceptors (Lipinski definition) is 6. The van der Waals surface area contributed by atoms with Crippen molar-refractivity contribution in [2.45, 2.75) is 18.4 Å². The van der Waals surface area contributed by atoms with Gasteiger partial charge in [0.05, 0.1) is 12.0 Å². The Bertz CT molecular complexity index is 1210. The van der Waals surface area contributed by atoms with E-state index in [9.17, 15) is 13.2 Å². The summed E-state index contributed by atoms with van der Waals surface area (Å²) in [6.07, 6.45) is 0. The number of nitrogens with zero attached hydrogens (tertiary/aromatic N) is 2. The Labute approximate surface area is 175 Å². The summed E-state index contributed by atoms with van der Waals surface area (Å²) in [5.41, 5.74) is 2.13. The van der Waals surface area contributed by atoms with E-state index in [1.165, 1.54) is 10.4 Å². The number of rotatable bonds is 5. The SMILES string of the molecule is COc1ccc(S(=O)(=O)N2CCN(Cc3cc(=O)oc4cc(C)ccc34)CC2)cc1. The molecule has 1 saturated heterocycles. The Morgan fingerprint density at radius 2 is 1.70 bits per heavy atom. The standard InChI is InChI=1S/C22H24N2O5S/c1-16-3-8-20-17(14-22(25)29-21(20)13-16)15-23-9-11-24(12-10-23)30(26,27)19-6-4-18(28-2)5-7-19/h3-8,13-14H,9-12,15H2,1-2H3. The van der Waals surface area contributed by atoms with Gasteiger partial charge in [0.25, 0.3) is 0 Å². The number of sulfonamides is 1. The van der Waals surface area contributed by atoms with E-state index in [0.717, 1.165) is 16.5 Å². The van der Waals surface area contributed by atoms with Crippen LogP contribution >= 0.6 is 0 Å². The molecule has 4 rings (SSSR count). The minimum absolute atomic E-state index is 0.263. The fraction of sp³-hybridized carbons (Fsp3) is 0.318. The number of ether oxygens (including phenoxy) is 1. The Morgan fingerprint density at radius 3 is 2.37 bits per heavy atom. The number of hydrogen-bond donors (Lipinski definition) is 0. The third-order valence-corrected chi connectivity index (χ3v) is 7.32. The predicted octanol–water partition coefficient (Wildman–Crippen LogP) is 2.62. The maximum Gasteiger partial charge on any atom is 0.336 e. The van der Waals surface area contributed by atoms with Crippen LogP contribution in [0.4, 0.5) is 0 Å². The predicted molar refractivity (Wildman–Crippen MR) is 114 cm³/mol. The summed E-state index contributed by atoms with van der Waals surface area (Å²) in [6, 6.07) is 13.8. The van der Waals surface area contributed by atoms with Gasteiger partial charge in [0.1, 0.15) is 11.3 Å². The van der Waals surface area contributed by atoms with Crippen molar-refractivity contribution >= 4 is 21.0 Å². The van der Waals surface area contributed by atoms with Gasteiger partial charge in [-0.05, 0) is 48.4 Å². The molecule has 0 unspecified atom stereocenters. The maximum absolute atomic E-state index is 12.9. The van der Waals surface area contributed by atoms with Gasteiger partial charge >= 0.3 is 5.63 Å². The van der Waals surface area contributed by atoms with Gasteiger partial charge in [-0.25, -0.2) is 13.2 Å². The van der Waals surface area contributed by atoms with E-state index >= 15 is 0 Å². The monoisotopic (exact) mass is 428 g/mol. The van der Waals surface area contributed by atoms with Crippen LogP contribution in [-0.4, -0.2) is 50.9 Å². The van der Waals surface area contributed by atoms with Crippen LogP contribution in [0.1, 0.15) is 11.1 Å². The van der Waals surface area contributed by atoms with E-state index in [1.54, 1.807) is 31.4 Å². The molecule has 0 saturated carbocycles. The molecular formula is C22H24N2O5S. The molecule has 7 nitrogen and oxygen atoms in total. The van der Waals surface area contributed by atoms with Gasteiger partial charge in [0, 0.05) is 44.2 Å². The lowest BCUT2D eigenvalue weighted by molar-refractivity contribution is 0.182. The summed E-state index contributed by atoms with van der Waals surface area (Å²) in [5.74, 6) is 0.619. The highest BCUT2D eigenvalue weighted by Crippen LogP contribution is 2.23. The fourth-order valence-electron chi connectivity index (χ4n) is 3.73. The minimum Gasteiger partial charge on any atom is -0.497 e. The summed E-state index contributed by atoms with van der Waals surface area (Å²) < 4.78 is 37.8. The van der Waals surface area contributed by atoms with Crippen LogP contribution in [0.5, 0.6) is 5.75 Å². The topological polar surface area (TPSA) is 80.1 Å². The van der Waals surface area contributed by atoms with Crippen molar-refractivity contribution in [1.29, 1.82) is 0 Å². The van der Waals surface area contributed by atoms with Gasteiger partial charge in [0.2, 0.25) is 10.0 Å². The molecule has 0 bridgehead atoms. The van der Waals surface area contributed by atoms with Crippen LogP contribution in [0.2, 0.25) is 0 Å². The molecule has 0 N–H and O–H groups in total. The van der Waals surface area contributed by atoms with Crippen LogP contribution in [0, 0.1) is 6.92 Å². The molecule has 2 aromatic carbocycles. The lowest BCUT2D eigenvalue weighted by Crippen LogP contribution is -2.48. The second-order valence-corrected chi connectivity index (χ2v) is 9.38. The summed E-state index contributed by atoms with van der Waals surface area (Å²) in [7, 11) is -2.00. The first-order valence-corrected chi connectivity index (χ1v) is 11.2. The molecule has 1 fully saturated rings. The highest BCUT2D eigenvalue weighted by atomic mass is 32.2. The van der Waals surface area contributed by atoms with E-state index in [4.69, 9.17) is 9.15 Å². The lowest BCUT2D eigenvalue weighted by Gasteiger charge is -2.34. The van der Waals surface area contributed by atoms with E-state index < -0.39 is 10.0 Å². The van der Waals surface area contributed by atoms with E-state index in [-0.39, 0.29) is 10.5 Å². The van der Waals surface area contributed by atoms with Gasteiger partial charge in [-0.15, -0.1) is 0 Å². The van der Waals surface area contributed by atoms with Crippen molar-refractivity contribution in [2.75, 3.05) is 33.3 Å². The zero-order chi connectivity index (χ0) is 21.3. The molecule has 0 atom stereocenters. The van der Waals surface area contributed by atoms with Crippen LogP contribution in [0.25, 0.3) is 11.0 Å². The molecule has 158 valence electrons. The summed E-state index contributed by atoms with van der Waals surface area (Å²) in [4.78, 5) is 14.4. The second kappa shape index (κ2) is 8.22. The largest absolute Gasteiger partial charge is 0.497 e. The average molecular weight is 429 g/mol. The molecule has 2 heterocycles. The summed E-state index contributed by atoms with van der Waals surface area (Å²) in [6.45, 7) is 4.49. The number of piperazine rings is 1. The third-order valence-electron chi connectivity index (χ3n) is 5.41. The summed E-state index contributed by atoms with van der Waals surface area (Å²) >= 11 is 0. The molecule has 0 aliphatic carbocycles. The maximum atomic E-state index is 12.9. The molecule has 3 aromatic rings. The molecule has 0 radical (unpaired) electrons. The highest BCUT2D eigenvalue weighted by molar-refractivity contribution is 7.89. The zero-order valence-electron chi connectivity index (χ0n) is 17.0. The summed E-state index contributed by atoms with van der Waals surface area (Å²) in [5, 5.41) is 0.911. The smallest absolute Gasteiger partial charge is 0.336 e. The Balaban J connectivity index is 1.47. The van der Waals surface area contributed by atoms with E-state index in [1.807, 2.05) is 25.1 Å². The van der Waals surface area contributed by atoms with Crippen LogP contribution in [0.15, 0.2) is 62.6 Å². The number of fused-ring (bicyclic) bond motifs is 1. The zero-order valence-corrected chi connectivity index (χ0v) is 17.8. The lowest BCUT2D eigenvalue weighted by atomic mass is 10.1. The second-order valence-electron chi connectivity index (χ2n) is 7.45. The first kappa shape index (κ1) is 20.6. The molecular weight excluding hydrogens is 404 g/mol. The van der Waals surface area contributed by atoms with Crippen LogP contribution in [-0.2, 0) is 16.6 Å². The Kier molecular flexibility index (Phi) is 5.64. The van der Waals surface area contributed by atoms with E-state index in [2.05, 4.69) is 4.90 Å². The third kappa shape index (κ3) is 4.12. The van der Waals surface area contributed by atoms with Crippen molar-refractivity contribution in [3.8, 4) is 5.75 Å². The normalized spacial score (nSPS) is 16.1. The average Bonchev–Trinajstić information content (AvgIpc) is 2.73. The Hall–Kier alpha value is -2.68.